The number of imidazole rings is 1. The summed E-state index contributed by atoms with van der Waals surface area (Å²) >= 11 is 0. The van der Waals surface area contributed by atoms with E-state index in [1.165, 1.54) is 25.8 Å². The van der Waals surface area contributed by atoms with E-state index in [9.17, 15) is 4.39 Å². The highest BCUT2D eigenvalue weighted by Gasteiger charge is 2.32. The van der Waals surface area contributed by atoms with Gasteiger partial charge in [0.05, 0.1) is 39.0 Å². The Morgan fingerprint density at radius 3 is 2.61 bits per heavy atom. The van der Waals surface area contributed by atoms with Gasteiger partial charge in [-0.25, -0.2) is 9.37 Å². The first-order valence-corrected chi connectivity index (χ1v) is 9.12. The third kappa shape index (κ3) is 3.45. The van der Waals surface area contributed by atoms with E-state index in [4.69, 9.17) is 14.2 Å². The fraction of sp³-hybridized carbons (Fsp3) is 0.333. The molecule has 0 aliphatic carbocycles. The molecule has 3 aromatic rings. The number of rotatable bonds is 6. The van der Waals surface area contributed by atoms with Crippen LogP contribution in [0.3, 0.4) is 0 Å². The average Bonchev–Trinajstić information content (AvgIpc) is 3.37. The van der Waals surface area contributed by atoms with Gasteiger partial charge in [0.2, 0.25) is 0 Å². The Bertz CT molecular complexity index is 945. The fourth-order valence-corrected chi connectivity index (χ4v) is 3.73. The molecule has 0 amide bonds. The average molecular weight is 383 g/mol. The molecular formula is C21H22FN3O3. The van der Waals surface area contributed by atoms with Crippen molar-refractivity contribution in [3.63, 3.8) is 0 Å². The number of methoxy groups -OCH3 is 2. The Hall–Kier alpha value is -2.93. The van der Waals surface area contributed by atoms with Gasteiger partial charge in [-0.3, -0.25) is 4.98 Å². The number of halogens is 1. The fourth-order valence-electron chi connectivity index (χ4n) is 3.73. The number of hydrogen-bond acceptors (Lipinski definition) is 5. The third-order valence-electron chi connectivity index (χ3n) is 5.15. The zero-order valence-electron chi connectivity index (χ0n) is 15.8. The second-order valence-electron chi connectivity index (χ2n) is 6.77. The van der Waals surface area contributed by atoms with E-state index in [2.05, 4.69) is 9.97 Å². The van der Waals surface area contributed by atoms with Crippen molar-refractivity contribution in [3.8, 4) is 22.9 Å². The Morgan fingerprint density at radius 1 is 1.11 bits per heavy atom. The highest BCUT2D eigenvalue weighted by atomic mass is 19.1. The predicted molar refractivity (Wildman–Crippen MR) is 102 cm³/mol. The number of pyridine rings is 1. The van der Waals surface area contributed by atoms with Gasteiger partial charge in [0, 0.05) is 36.8 Å². The van der Waals surface area contributed by atoms with Gasteiger partial charge in [0.25, 0.3) is 0 Å². The molecule has 3 heterocycles. The number of ether oxygens (including phenoxy) is 3. The first kappa shape index (κ1) is 18.4. The van der Waals surface area contributed by atoms with Crippen molar-refractivity contribution in [1.82, 2.24) is 14.5 Å². The maximum Gasteiger partial charge on any atom is 0.163 e. The van der Waals surface area contributed by atoms with Crippen molar-refractivity contribution < 1.29 is 18.6 Å². The van der Waals surface area contributed by atoms with Gasteiger partial charge in [-0.05, 0) is 30.2 Å². The molecule has 146 valence electrons. The lowest BCUT2D eigenvalue weighted by atomic mass is 9.95. The molecule has 1 aromatic carbocycles. The van der Waals surface area contributed by atoms with E-state index in [0.29, 0.717) is 36.1 Å². The van der Waals surface area contributed by atoms with E-state index in [0.717, 1.165) is 6.42 Å². The molecule has 7 heteroatoms. The van der Waals surface area contributed by atoms with Crippen LogP contribution in [0.15, 0.2) is 49.1 Å². The lowest BCUT2D eigenvalue weighted by molar-refractivity contribution is 0.181. The minimum Gasteiger partial charge on any atom is -0.493 e. The lowest BCUT2D eigenvalue weighted by Gasteiger charge is -2.22. The molecule has 4 rings (SSSR count). The summed E-state index contributed by atoms with van der Waals surface area (Å²) in [4.78, 5) is 8.50. The first-order chi connectivity index (χ1) is 13.7. The summed E-state index contributed by atoms with van der Waals surface area (Å²) in [6.45, 7) is 1.22. The highest BCUT2D eigenvalue weighted by molar-refractivity contribution is 5.62. The molecular weight excluding hydrogens is 361 g/mol. The standard InChI is InChI=1S/C21H22FN3O3/c1-26-19-10-16(17(22)11-20(19)27-2)21-24-7-8-25(21)18-13-28-12-15(18)9-14-3-5-23-6-4-14/h3-8,10-11,15,18H,9,12-13H2,1-2H3/t15-,18+/m0/s1. The smallest absolute Gasteiger partial charge is 0.163 e. The van der Waals surface area contributed by atoms with Gasteiger partial charge in [-0.2, -0.15) is 0 Å². The summed E-state index contributed by atoms with van der Waals surface area (Å²) < 4.78 is 33.1. The molecule has 0 N–H and O–H groups in total. The van der Waals surface area contributed by atoms with Gasteiger partial charge in [0.1, 0.15) is 11.6 Å². The van der Waals surface area contributed by atoms with Gasteiger partial charge in [-0.1, -0.05) is 0 Å². The Labute approximate surface area is 162 Å². The SMILES string of the molecule is COc1cc(F)c(-c2nccn2[C@@H]2COC[C@@H]2Cc2ccncc2)cc1OC. The van der Waals surface area contributed by atoms with Crippen LogP contribution in [0, 0.1) is 11.7 Å². The van der Waals surface area contributed by atoms with Gasteiger partial charge in [0.15, 0.2) is 11.5 Å². The van der Waals surface area contributed by atoms with Crippen molar-refractivity contribution in [3.05, 3.63) is 60.4 Å². The van der Waals surface area contributed by atoms with E-state index in [1.807, 2.05) is 22.9 Å². The van der Waals surface area contributed by atoms with Crippen LogP contribution < -0.4 is 9.47 Å². The molecule has 1 saturated heterocycles. The summed E-state index contributed by atoms with van der Waals surface area (Å²) in [5.74, 6) is 1.22. The summed E-state index contributed by atoms with van der Waals surface area (Å²) in [7, 11) is 3.01. The molecule has 1 fully saturated rings. The van der Waals surface area contributed by atoms with E-state index in [-0.39, 0.29) is 12.0 Å². The third-order valence-corrected chi connectivity index (χ3v) is 5.15. The summed E-state index contributed by atoms with van der Waals surface area (Å²) in [6, 6.07) is 7.04. The summed E-state index contributed by atoms with van der Waals surface area (Å²) in [5.41, 5.74) is 1.58. The number of benzene rings is 1. The van der Waals surface area contributed by atoms with Crippen LogP contribution >= 0.6 is 0 Å². The minimum atomic E-state index is -0.408. The molecule has 28 heavy (non-hydrogen) atoms. The monoisotopic (exact) mass is 383 g/mol. The Morgan fingerprint density at radius 2 is 1.86 bits per heavy atom. The molecule has 0 bridgehead atoms. The minimum absolute atomic E-state index is 0.0677. The van der Waals surface area contributed by atoms with Crippen LogP contribution in [0.1, 0.15) is 11.6 Å². The van der Waals surface area contributed by atoms with Crippen molar-refractivity contribution >= 4 is 0 Å². The van der Waals surface area contributed by atoms with Crippen LogP contribution in [0.5, 0.6) is 11.5 Å². The quantitative estimate of drug-likeness (QED) is 0.652. The van der Waals surface area contributed by atoms with E-state index < -0.39 is 5.82 Å². The topological polar surface area (TPSA) is 58.4 Å². The van der Waals surface area contributed by atoms with Crippen molar-refractivity contribution in [2.45, 2.75) is 12.5 Å². The largest absolute Gasteiger partial charge is 0.493 e. The molecule has 0 saturated carbocycles. The molecule has 2 aromatic heterocycles. The van der Waals surface area contributed by atoms with Crippen LogP contribution in [0.2, 0.25) is 0 Å². The molecule has 6 nitrogen and oxygen atoms in total. The van der Waals surface area contributed by atoms with Gasteiger partial charge >= 0.3 is 0 Å². The van der Waals surface area contributed by atoms with Gasteiger partial charge < -0.3 is 18.8 Å². The Kier molecular flexibility index (Phi) is 5.25. The normalized spacial score (nSPS) is 19.0. The van der Waals surface area contributed by atoms with E-state index >= 15 is 0 Å². The van der Waals surface area contributed by atoms with Crippen molar-refractivity contribution in [2.24, 2.45) is 5.92 Å². The Balaban J connectivity index is 1.67. The maximum atomic E-state index is 14.8. The zero-order chi connectivity index (χ0) is 19.5. The molecule has 0 unspecified atom stereocenters. The molecule has 1 aliphatic rings. The van der Waals surface area contributed by atoms with Crippen LogP contribution in [0.25, 0.3) is 11.4 Å². The second-order valence-corrected chi connectivity index (χ2v) is 6.77. The number of nitrogens with zero attached hydrogens (tertiary/aromatic N) is 3. The van der Waals surface area contributed by atoms with E-state index in [1.54, 1.807) is 24.7 Å². The van der Waals surface area contributed by atoms with Crippen molar-refractivity contribution in [1.29, 1.82) is 0 Å². The van der Waals surface area contributed by atoms with Crippen molar-refractivity contribution in [2.75, 3.05) is 27.4 Å². The molecule has 0 spiro atoms. The van der Waals surface area contributed by atoms with Crippen LogP contribution in [-0.4, -0.2) is 42.0 Å². The number of aromatic nitrogens is 3. The molecule has 2 atom stereocenters. The maximum absolute atomic E-state index is 14.8. The van der Waals surface area contributed by atoms with Gasteiger partial charge in [-0.15, -0.1) is 0 Å². The predicted octanol–water partition coefficient (Wildman–Crippen LogP) is 3.53. The molecule has 1 aliphatic heterocycles. The lowest BCUT2D eigenvalue weighted by Crippen LogP contribution is -2.20. The first-order valence-electron chi connectivity index (χ1n) is 9.12. The van der Waals surface area contributed by atoms with Crippen LogP contribution in [-0.2, 0) is 11.2 Å². The highest BCUT2D eigenvalue weighted by Crippen LogP contribution is 2.37. The van der Waals surface area contributed by atoms with Crippen LogP contribution in [0.4, 0.5) is 4.39 Å². The summed E-state index contributed by atoms with van der Waals surface area (Å²) in [6.07, 6.45) is 8.01. The molecule has 0 radical (unpaired) electrons. The zero-order valence-corrected chi connectivity index (χ0v) is 15.8. The number of hydrogen-bond donors (Lipinski definition) is 0. The second kappa shape index (κ2) is 7.98. The summed E-state index contributed by atoms with van der Waals surface area (Å²) in [5, 5.41) is 0.